The maximum absolute atomic E-state index is 5.01. The van der Waals surface area contributed by atoms with Crippen molar-refractivity contribution in [1.29, 1.82) is 0 Å². The van der Waals surface area contributed by atoms with Crippen molar-refractivity contribution >= 4 is 11.6 Å². The van der Waals surface area contributed by atoms with Crippen molar-refractivity contribution in [3.05, 3.63) is 70.4 Å². The van der Waals surface area contributed by atoms with Crippen LogP contribution in [0.1, 0.15) is 87.2 Å². The minimum absolute atomic E-state index is 0.427. The lowest BCUT2D eigenvalue weighted by Gasteiger charge is -2.23. The molecule has 0 aliphatic heterocycles. The molecule has 2 heterocycles. The SMILES string of the molecule is Cc1cc(C)nc(Nc2cccc(-c3c(C(C)C)cc(C(C)C)cc3C(C)C)n2)c1. The lowest BCUT2D eigenvalue weighted by atomic mass is 9.83. The Morgan fingerprint density at radius 3 is 1.87 bits per heavy atom. The van der Waals surface area contributed by atoms with Gasteiger partial charge in [-0.05, 0) is 78.1 Å². The quantitative estimate of drug-likeness (QED) is 0.456. The summed E-state index contributed by atoms with van der Waals surface area (Å²) in [5, 5.41) is 3.40. The van der Waals surface area contributed by atoms with Gasteiger partial charge < -0.3 is 5.32 Å². The van der Waals surface area contributed by atoms with Crippen LogP contribution in [0.4, 0.5) is 11.6 Å². The first-order valence-electron chi connectivity index (χ1n) is 11.0. The van der Waals surface area contributed by atoms with Gasteiger partial charge in [-0.3, -0.25) is 0 Å². The minimum atomic E-state index is 0.427. The van der Waals surface area contributed by atoms with Gasteiger partial charge in [-0.25, -0.2) is 9.97 Å². The zero-order valence-corrected chi connectivity index (χ0v) is 19.7. The van der Waals surface area contributed by atoms with E-state index in [0.29, 0.717) is 17.8 Å². The summed E-state index contributed by atoms with van der Waals surface area (Å²) in [5.41, 5.74) is 8.64. The van der Waals surface area contributed by atoms with Gasteiger partial charge in [0.05, 0.1) is 5.69 Å². The average molecular weight is 402 g/mol. The van der Waals surface area contributed by atoms with Gasteiger partial charge in [0.15, 0.2) is 0 Å². The molecule has 1 N–H and O–H groups in total. The molecular formula is C27H35N3. The molecule has 2 aromatic heterocycles. The van der Waals surface area contributed by atoms with E-state index in [1.807, 2.05) is 13.0 Å². The van der Waals surface area contributed by atoms with E-state index in [4.69, 9.17) is 4.98 Å². The van der Waals surface area contributed by atoms with Crippen molar-refractivity contribution in [2.45, 2.75) is 73.1 Å². The molecule has 1 aromatic carbocycles. The van der Waals surface area contributed by atoms with Crippen LogP contribution in [-0.2, 0) is 0 Å². The number of pyridine rings is 2. The number of hydrogen-bond donors (Lipinski definition) is 1. The van der Waals surface area contributed by atoms with Gasteiger partial charge >= 0.3 is 0 Å². The first-order chi connectivity index (χ1) is 14.2. The second kappa shape index (κ2) is 8.99. The van der Waals surface area contributed by atoms with E-state index in [1.54, 1.807) is 0 Å². The van der Waals surface area contributed by atoms with Crippen molar-refractivity contribution in [2.75, 3.05) is 5.32 Å². The van der Waals surface area contributed by atoms with E-state index in [2.05, 4.69) is 95.2 Å². The van der Waals surface area contributed by atoms with Gasteiger partial charge in [0.25, 0.3) is 0 Å². The van der Waals surface area contributed by atoms with Crippen LogP contribution in [0.5, 0.6) is 0 Å². The Labute approximate surface area is 182 Å². The Balaban J connectivity index is 2.12. The molecule has 0 bridgehead atoms. The number of nitrogens with zero attached hydrogens (tertiary/aromatic N) is 2. The molecule has 3 aromatic rings. The van der Waals surface area contributed by atoms with Gasteiger partial charge in [0.2, 0.25) is 0 Å². The topological polar surface area (TPSA) is 37.8 Å². The number of rotatable bonds is 6. The monoisotopic (exact) mass is 401 g/mol. The molecule has 3 nitrogen and oxygen atoms in total. The highest BCUT2D eigenvalue weighted by atomic mass is 15.1. The predicted molar refractivity (Wildman–Crippen MR) is 129 cm³/mol. The molecule has 0 saturated carbocycles. The van der Waals surface area contributed by atoms with Crippen LogP contribution in [0.2, 0.25) is 0 Å². The Kier molecular flexibility index (Phi) is 6.60. The first-order valence-corrected chi connectivity index (χ1v) is 11.0. The molecule has 158 valence electrons. The standard InChI is InChI=1S/C27H35N3/c1-16(2)21-14-22(17(3)4)27(23(15-21)18(5)6)24-10-9-11-25(29-24)30-26-13-19(7)12-20(8)28-26/h9-18H,1-8H3,(H,28,29,30). The normalized spacial score (nSPS) is 11.6. The lowest BCUT2D eigenvalue weighted by molar-refractivity contribution is 0.806. The van der Waals surface area contributed by atoms with Crippen molar-refractivity contribution in [1.82, 2.24) is 9.97 Å². The molecule has 0 radical (unpaired) electrons. The Morgan fingerprint density at radius 1 is 0.700 bits per heavy atom. The van der Waals surface area contributed by atoms with Crippen LogP contribution >= 0.6 is 0 Å². The van der Waals surface area contributed by atoms with E-state index in [1.165, 1.54) is 27.8 Å². The minimum Gasteiger partial charge on any atom is -0.325 e. The van der Waals surface area contributed by atoms with Crippen LogP contribution in [0, 0.1) is 13.8 Å². The maximum Gasteiger partial charge on any atom is 0.132 e. The van der Waals surface area contributed by atoms with Crippen LogP contribution in [0.25, 0.3) is 11.3 Å². The van der Waals surface area contributed by atoms with E-state index in [9.17, 15) is 0 Å². The third-order valence-corrected chi connectivity index (χ3v) is 5.49. The molecule has 0 spiro atoms. The zero-order valence-electron chi connectivity index (χ0n) is 19.7. The highest BCUT2D eigenvalue weighted by Gasteiger charge is 2.19. The van der Waals surface area contributed by atoms with Gasteiger partial charge in [-0.15, -0.1) is 0 Å². The van der Waals surface area contributed by atoms with Crippen molar-refractivity contribution < 1.29 is 0 Å². The third kappa shape index (κ3) is 4.89. The summed E-state index contributed by atoms with van der Waals surface area (Å²) in [6.45, 7) is 17.7. The van der Waals surface area contributed by atoms with Gasteiger partial charge in [-0.2, -0.15) is 0 Å². The predicted octanol–water partition coefficient (Wildman–Crippen LogP) is 7.87. The molecule has 0 fully saturated rings. The summed E-state index contributed by atoms with van der Waals surface area (Å²) in [5.74, 6) is 3.01. The van der Waals surface area contributed by atoms with Crippen LogP contribution in [0.15, 0.2) is 42.5 Å². The van der Waals surface area contributed by atoms with Crippen molar-refractivity contribution in [2.24, 2.45) is 0 Å². The smallest absolute Gasteiger partial charge is 0.132 e. The summed E-state index contributed by atoms with van der Waals surface area (Å²) < 4.78 is 0. The first kappa shape index (κ1) is 22.0. The molecule has 0 atom stereocenters. The van der Waals surface area contributed by atoms with Gasteiger partial charge in [0.1, 0.15) is 11.6 Å². The summed E-state index contributed by atoms with van der Waals surface area (Å²) >= 11 is 0. The number of aryl methyl sites for hydroxylation is 2. The van der Waals surface area contributed by atoms with Gasteiger partial charge in [-0.1, -0.05) is 59.7 Å². The highest BCUT2D eigenvalue weighted by molar-refractivity contribution is 5.72. The molecule has 3 heteroatoms. The molecule has 30 heavy (non-hydrogen) atoms. The zero-order chi connectivity index (χ0) is 22.0. The molecule has 0 unspecified atom stereocenters. The Morgan fingerprint density at radius 2 is 1.33 bits per heavy atom. The van der Waals surface area contributed by atoms with E-state index in [0.717, 1.165) is 23.0 Å². The van der Waals surface area contributed by atoms with Crippen molar-refractivity contribution in [3.8, 4) is 11.3 Å². The van der Waals surface area contributed by atoms with Crippen LogP contribution in [0.3, 0.4) is 0 Å². The average Bonchev–Trinajstić information content (AvgIpc) is 2.66. The fraction of sp³-hybridized carbons (Fsp3) is 0.407. The molecule has 0 saturated heterocycles. The molecule has 3 rings (SSSR count). The van der Waals surface area contributed by atoms with E-state index in [-0.39, 0.29) is 0 Å². The van der Waals surface area contributed by atoms with Gasteiger partial charge in [0, 0.05) is 11.3 Å². The highest BCUT2D eigenvalue weighted by Crippen LogP contribution is 2.38. The number of anilines is 2. The van der Waals surface area contributed by atoms with Crippen LogP contribution in [-0.4, -0.2) is 9.97 Å². The summed E-state index contributed by atoms with van der Waals surface area (Å²) in [6, 6.07) is 15.1. The molecule has 0 aliphatic carbocycles. The fourth-order valence-corrected chi connectivity index (χ4v) is 3.93. The fourth-order valence-electron chi connectivity index (χ4n) is 3.93. The summed E-state index contributed by atoms with van der Waals surface area (Å²) in [4.78, 5) is 9.61. The number of aromatic nitrogens is 2. The number of nitrogens with one attached hydrogen (secondary N) is 1. The second-order valence-electron chi connectivity index (χ2n) is 9.24. The summed E-state index contributed by atoms with van der Waals surface area (Å²) in [6.07, 6.45) is 0. The van der Waals surface area contributed by atoms with E-state index >= 15 is 0 Å². The molecular weight excluding hydrogens is 366 g/mol. The largest absolute Gasteiger partial charge is 0.325 e. The van der Waals surface area contributed by atoms with E-state index < -0.39 is 0 Å². The second-order valence-corrected chi connectivity index (χ2v) is 9.24. The molecule has 0 amide bonds. The number of benzene rings is 1. The van der Waals surface area contributed by atoms with Crippen LogP contribution < -0.4 is 5.32 Å². The Bertz CT molecular complexity index is 983. The lowest BCUT2D eigenvalue weighted by Crippen LogP contribution is -2.05. The van der Waals surface area contributed by atoms with Crippen molar-refractivity contribution in [3.63, 3.8) is 0 Å². The third-order valence-electron chi connectivity index (χ3n) is 5.49. The molecule has 0 aliphatic rings. The Hall–Kier alpha value is -2.68. The summed E-state index contributed by atoms with van der Waals surface area (Å²) in [7, 11) is 0. The maximum atomic E-state index is 5.01. The number of hydrogen-bond acceptors (Lipinski definition) is 3.